The molecule has 2 N–H and O–H groups in total. The zero-order valence-electron chi connectivity index (χ0n) is 8.36. The van der Waals surface area contributed by atoms with E-state index in [0.717, 1.165) is 13.0 Å². The number of thiophene rings is 1. The van der Waals surface area contributed by atoms with Crippen LogP contribution in [0.5, 0.6) is 0 Å². The molecule has 1 aromatic rings. The fourth-order valence-electron chi connectivity index (χ4n) is 1.36. The first-order valence-corrected chi connectivity index (χ1v) is 6.10. The normalized spacial score (nSPS) is 12.1. The van der Waals surface area contributed by atoms with Gasteiger partial charge >= 0.3 is 0 Å². The lowest BCUT2D eigenvalue weighted by molar-refractivity contribution is 0.495. The van der Waals surface area contributed by atoms with Gasteiger partial charge in [-0.25, -0.2) is 0 Å². The lowest BCUT2D eigenvalue weighted by atomic mass is 9.87. The summed E-state index contributed by atoms with van der Waals surface area (Å²) in [6, 6.07) is 0. The van der Waals surface area contributed by atoms with Crippen LogP contribution in [0.4, 0.5) is 0 Å². The first-order valence-electron chi connectivity index (χ1n) is 4.43. The molecule has 0 saturated heterocycles. The maximum Gasteiger partial charge on any atom is 0.0349 e. The van der Waals surface area contributed by atoms with Crippen LogP contribution in [-0.2, 0) is 5.41 Å². The highest BCUT2D eigenvalue weighted by Gasteiger charge is 2.24. The van der Waals surface area contributed by atoms with Crippen LogP contribution in [0, 0.1) is 6.92 Å². The van der Waals surface area contributed by atoms with Gasteiger partial charge in [0.25, 0.3) is 0 Å². The van der Waals surface area contributed by atoms with E-state index in [1.54, 1.807) is 0 Å². The Kier molecular flexibility index (Phi) is 3.55. The first-order chi connectivity index (χ1) is 5.99. The summed E-state index contributed by atoms with van der Waals surface area (Å²) in [7, 11) is 0. The van der Waals surface area contributed by atoms with E-state index < -0.39 is 0 Å². The number of halogens is 1. The van der Waals surface area contributed by atoms with Crippen LogP contribution in [0.15, 0.2) is 9.85 Å². The molecule has 1 heterocycles. The summed E-state index contributed by atoms with van der Waals surface area (Å²) in [5.74, 6) is 0. The number of nitrogens with two attached hydrogens (primary N) is 1. The Morgan fingerprint density at radius 3 is 2.54 bits per heavy atom. The van der Waals surface area contributed by atoms with Crippen LogP contribution < -0.4 is 5.73 Å². The van der Waals surface area contributed by atoms with Gasteiger partial charge in [0.2, 0.25) is 0 Å². The maximum atomic E-state index is 5.60. The van der Waals surface area contributed by atoms with E-state index in [9.17, 15) is 0 Å². The average molecular weight is 262 g/mol. The number of hydrogen-bond donors (Lipinski definition) is 1. The van der Waals surface area contributed by atoms with Gasteiger partial charge in [-0.2, -0.15) is 0 Å². The molecule has 13 heavy (non-hydrogen) atoms. The van der Waals surface area contributed by atoms with Crippen molar-refractivity contribution in [3.63, 3.8) is 0 Å². The lowest BCUT2D eigenvalue weighted by Gasteiger charge is -2.23. The molecule has 0 aliphatic rings. The molecule has 0 atom stereocenters. The Morgan fingerprint density at radius 2 is 2.15 bits per heavy atom. The molecule has 0 bridgehead atoms. The van der Waals surface area contributed by atoms with Gasteiger partial charge < -0.3 is 5.73 Å². The zero-order chi connectivity index (χ0) is 10.1. The molecule has 0 spiro atoms. The van der Waals surface area contributed by atoms with E-state index in [4.69, 9.17) is 5.73 Å². The second-order valence-corrected chi connectivity index (χ2v) is 5.66. The van der Waals surface area contributed by atoms with Crippen molar-refractivity contribution in [3.05, 3.63) is 20.3 Å². The topological polar surface area (TPSA) is 26.0 Å². The Bertz CT molecular complexity index is 291. The summed E-state index contributed by atoms with van der Waals surface area (Å²) in [5, 5.41) is 2.19. The van der Waals surface area contributed by atoms with E-state index in [-0.39, 0.29) is 5.41 Å². The van der Waals surface area contributed by atoms with Gasteiger partial charge in [-0.3, -0.25) is 0 Å². The molecule has 0 aromatic carbocycles. The van der Waals surface area contributed by atoms with Crippen molar-refractivity contribution >= 4 is 27.3 Å². The van der Waals surface area contributed by atoms with Crippen molar-refractivity contribution in [2.75, 3.05) is 6.54 Å². The zero-order valence-corrected chi connectivity index (χ0v) is 10.8. The van der Waals surface area contributed by atoms with Crippen LogP contribution in [0.2, 0.25) is 0 Å². The van der Waals surface area contributed by atoms with Crippen molar-refractivity contribution in [2.45, 2.75) is 32.6 Å². The van der Waals surface area contributed by atoms with Crippen LogP contribution in [0.1, 0.15) is 30.7 Å². The second kappa shape index (κ2) is 4.11. The highest BCUT2D eigenvalue weighted by Crippen LogP contribution is 2.38. The highest BCUT2D eigenvalue weighted by atomic mass is 79.9. The van der Waals surface area contributed by atoms with E-state index >= 15 is 0 Å². The van der Waals surface area contributed by atoms with Gasteiger partial charge in [0.15, 0.2) is 0 Å². The Hall–Kier alpha value is 0.140. The first kappa shape index (κ1) is 11.2. The molecule has 3 heteroatoms. The second-order valence-electron chi connectivity index (χ2n) is 3.98. The van der Waals surface area contributed by atoms with Crippen molar-refractivity contribution in [1.29, 1.82) is 0 Å². The third-order valence-corrected chi connectivity index (χ3v) is 5.03. The number of aryl methyl sites for hydroxylation is 1. The van der Waals surface area contributed by atoms with Gasteiger partial charge in [0.05, 0.1) is 0 Å². The van der Waals surface area contributed by atoms with Gasteiger partial charge in [0.1, 0.15) is 0 Å². The molecule has 74 valence electrons. The van der Waals surface area contributed by atoms with Gasteiger partial charge in [-0.15, -0.1) is 11.3 Å². The SMILES string of the molecule is Cc1csc(C(C)(C)CCN)c1Br. The maximum absolute atomic E-state index is 5.60. The highest BCUT2D eigenvalue weighted by molar-refractivity contribution is 9.10. The predicted molar refractivity (Wildman–Crippen MR) is 63.5 cm³/mol. The molecule has 0 aliphatic carbocycles. The fourth-order valence-corrected chi connectivity index (χ4v) is 3.54. The van der Waals surface area contributed by atoms with Crippen LogP contribution in [-0.4, -0.2) is 6.54 Å². The summed E-state index contributed by atoms with van der Waals surface area (Å²) in [5.41, 5.74) is 7.12. The molecule has 0 unspecified atom stereocenters. The minimum atomic E-state index is 0.201. The summed E-state index contributed by atoms with van der Waals surface area (Å²) < 4.78 is 1.26. The van der Waals surface area contributed by atoms with Crippen molar-refractivity contribution in [1.82, 2.24) is 0 Å². The smallest absolute Gasteiger partial charge is 0.0349 e. The molecule has 0 saturated carbocycles. The fraction of sp³-hybridized carbons (Fsp3) is 0.600. The van der Waals surface area contributed by atoms with E-state index in [2.05, 4.69) is 42.1 Å². The van der Waals surface area contributed by atoms with Crippen molar-refractivity contribution in [3.8, 4) is 0 Å². The summed E-state index contributed by atoms with van der Waals surface area (Å²) in [4.78, 5) is 1.41. The number of rotatable bonds is 3. The molecule has 0 fully saturated rings. The van der Waals surface area contributed by atoms with E-state index in [1.165, 1.54) is 14.9 Å². The largest absolute Gasteiger partial charge is 0.330 e. The molecular formula is C10H16BrNS. The summed E-state index contributed by atoms with van der Waals surface area (Å²) in [6.45, 7) is 7.37. The molecule has 1 rings (SSSR count). The monoisotopic (exact) mass is 261 g/mol. The van der Waals surface area contributed by atoms with Crippen LogP contribution >= 0.6 is 27.3 Å². The minimum Gasteiger partial charge on any atom is -0.330 e. The standard InChI is InChI=1S/C10H16BrNS/c1-7-6-13-9(8(7)11)10(2,3)4-5-12/h6H,4-5,12H2,1-3H3. The van der Waals surface area contributed by atoms with Crippen molar-refractivity contribution in [2.24, 2.45) is 5.73 Å². The van der Waals surface area contributed by atoms with Crippen LogP contribution in [0.25, 0.3) is 0 Å². The van der Waals surface area contributed by atoms with Crippen molar-refractivity contribution < 1.29 is 0 Å². The molecule has 0 radical (unpaired) electrons. The molecule has 0 aliphatic heterocycles. The molecule has 1 nitrogen and oxygen atoms in total. The minimum absolute atomic E-state index is 0.201. The summed E-state index contributed by atoms with van der Waals surface area (Å²) >= 11 is 5.45. The van der Waals surface area contributed by atoms with Gasteiger partial charge in [-0.05, 0) is 46.8 Å². The average Bonchev–Trinajstić information content (AvgIpc) is 2.33. The lowest BCUT2D eigenvalue weighted by Crippen LogP contribution is -2.20. The predicted octanol–water partition coefficient (Wildman–Crippen LogP) is 3.45. The Morgan fingerprint density at radius 1 is 1.54 bits per heavy atom. The Labute approximate surface area is 92.5 Å². The van der Waals surface area contributed by atoms with Gasteiger partial charge in [0, 0.05) is 14.8 Å². The third kappa shape index (κ3) is 2.33. The quantitative estimate of drug-likeness (QED) is 0.887. The van der Waals surface area contributed by atoms with Gasteiger partial charge in [-0.1, -0.05) is 13.8 Å². The molecule has 1 aromatic heterocycles. The third-order valence-electron chi connectivity index (χ3n) is 2.28. The Balaban J connectivity index is 2.99. The number of hydrogen-bond acceptors (Lipinski definition) is 2. The van der Waals surface area contributed by atoms with Crippen LogP contribution in [0.3, 0.4) is 0 Å². The van der Waals surface area contributed by atoms with E-state index in [1.807, 2.05) is 11.3 Å². The van der Waals surface area contributed by atoms with E-state index in [0.29, 0.717) is 0 Å². The molecular weight excluding hydrogens is 246 g/mol. The summed E-state index contributed by atoms with van der Waals surface area (Å²) in [6.07, 6.45) is 1.03. The molecule has 0 amide bonds.